The van der Waals surface area contributed by atoms with Gasteiger partial charge in [-0.25, -0.2) is 19.2 Å². The fourth-order valence-electron chi connectivity index (χ4n) is 10.9. The van der Waals surface area contributed by atoms with E-state index in [4.69, 9.17) is 18.9 Å². The molecular weight excluding hydrogens is 781 g/mol. The number of carbonyl (C=O) groups is 4. The molecule has 0 aromatic carbocycles. The van der Waals surface area contributed by atoms with Gasteiger partial charge in [0.2, 0.25) is 0 Å². The van der Waals surface area contributed by atoms with Gasteiger partial charge in [0, 0.05) is 111 Å². The van der Waals surface area contributed by atoms with Crippen LogP contribution in [0.3, 0.4) is 0 Å². The molecule has 14 heteroatoms. The zero-order chi connectivity index (χ0) is 43.6. The van der Waals surface area contributed by atoms with Crippen LogP contribution < -0.4 is 0 Å². The van der Waals surface area contributed by atoms with Crippen molar-refractivity contribution < 1.29 is 48.3 Å². The Morgan fingerprint density at radius 3 is 1.31 bits per heavy atom. The minimum absolute atomic E-state index is 0.187. The van der Waals surface area contributed by atoms with Gasteiger partial charge in [0.25, 0.3) is 0 Å². The summed E-state index contributed by atoms with van der Waals surface area (Å²) in [5.41, 5.74) is 10.0. The van der Waals surface area contributed by atoms with Gasteiger partial charge in [0.15, 0.2) is 0 Å². The molecular formula is C47H52N4O10. The van der Waals surface area contributed by atoms with E-state index in [-0.39, 0.29) is 49.0 Å². The fourth-order valence-corrected chi connectivity index (χ4v) is 10.9. The van der Waals surface area contributed by atoms with Crippen molar-refractivity contribution in [1.82, 2.24) is 18.9 Å². The molecule has 4 heterocycles. The van der Waals surface area contributed by atoms with E-state index in [1.807, 2.05) is 84.1 Å². The topological polar surface area (TPSA) is 162 Å². The van der Waals surface area contributed by atoms with Gasteiger partial charge in [0.1, 0.15) is 0 Å². The van der Waals surface area contributed by atoms with Crippen molar-refractivity contribution in [2.75, 3.05) is 55.7 Å². The van der Waals surface area contributed by atoms with Gasteiger partial charge < -0.3 is 48.1 Å². The number of pyridine rings is 2. The summed E-state index contributed by atoms with van der Waals surface area (Å²) in [6.45, 7) is -0.375. The molecule has 8 rings (SSSR count). The number of rotatable bonds is 10. The Labute approximate surface area is 354 Å². The molecule has 0 bridgehead atoms. The first-order valence-electron chi connectivity index (χ1n) is 20.3. The van der Waals surface area contributed by atoms with E-state index in [0.717, 1.165) is 44.5 Å². The molecule has 0 aromatic rings. The molecule has 0 saturated heterocycles. The number of aliphatic hydroxyl groups excluding tert-OH is 2. The predicted octanol–water partition coefficient (Wildman–Crippen LogP) is 4.93. The average Bonchev–Trinajstić information content (AvgIpc) is 4.05. The molecule has 0 amide bonds. The molecule has 320 valence electrons. The Balaban J connectivity index is 1.35. The Kier molecular flexibility index (Phi) is 10.9. The summed E-state index contributed by atoms with van der Waals surface area (Å²) in [6.07, 6.45) is 16.6. The van der Waals surface area contributed by atoms with Crippen LogP contribution in [0.2, 0.25) is 0 Å². The van der Waals surface area contributed by atoms with E-state index in [0.29, 0.717) is 52.7 Å². The second-order valence-corrected chi connectivity index (χ2v) is 16.6. The number of ether oxygens (including phenoxy) is 4. The van der Waals surface area contributed by atoms with E-state index in [9.17, 15) is 29.4 Å². The van der Waals surface area contributed by atoms with Gasteiger partial charge in [0.05, 0.1) is 76.0 Å². The maximum atomic E-state index is 13.7. The van der Waals surface area contributed by atoms with Crippen molar-refractivity contribution >= 4 is 23.9 Å². The monoisotopic (exact) mass is 832 g/mol. The highest BCUT2D eigenvalue weighted by atomic mass is 16.5. The van der Waals surface area contributed by atoms with Crippen LogP contribution in [-0.2, 0) is 49.1 Å². The van der Waals surface area contributed by atoms with Crippen molar-refractivity contribution in [2.24, 2.45) is 37.8 Å². The Hall–Kier alpha value is -6.12. The lowest BCUT2D eigenvalue weighted by atomic mass is 9.74. The van der Waals surface area contributed by atoms with E-state index < -0.39 is 23.9 Å². The Morgan fingerprint density at radius 2 is 0.967 bits per heavy atom. The smallest absolute Gasteiger partial charge is 0.339 e. The van der Waals surface area contributed by atoms with Gasteiger partial charge >= 0.3 is 23.9 Å². The van der Waals surface area contributed by atoms with Crippen molar-refractivity contribution in [3.05, 3.63) is 117 Å². The van der Waals surface area contributed by atoms with Crippen LogP contribution in [0.1, 0.15) is 67.9 Å². The molecule has 0 saturated carbocycles. The third-order valence-corrected chi connectivity index (χ3v) is 13.4. The number of fused-ring (bicyclic) bond motifs is 4. The molecule has 61 heavy (non-hydrogen) atoms. The summed E-state index contributed by atoms with van der Waals surface area (Å²) in [6, 6.07) is 3.49. The largest absolute Gasteiger partial charge is 0.466 e. The molecule has 0 spiro atoms. The maximum Gasteiger partial charge on any atom is 0.339 e. The molecule has 4 aliphatic heterocycles. The van der Waals surface area contributed by atoms with E-state index in [1.54, 1.807) is 12.4 Å². The van der Waals surface area contributed by atoms with Crippen LogP contribution in [0, 0.1) is 23.7 Å². The van der Waals surface area contributed by atoms with Crippen LogP contribution in [0.5, 0.6) is 0 Å². The zero-order valence-electron chi connectivity index (χ0n) is 35.7. The van der Waals surface area contributed by atoms with Crippen molar-refractivity contribution in [1.29, 1.82) is 0 Å². The van der Waals surface area contributed by atoms with Crippen LogP contribution >= 0.6 is 0 Å². The second kappa shape index (κ2) is 16.1. The van der Waals surface area contributed by atoms with E-state index in [1.165, 1.54) is 28.4 Å². The number of methoxy groups -OCH3 is 4. The van der Waals surface area contributed by atoms with E-state index in [2.05, 4.69) is 12.1 Å². The molecule has 0 aromatic heterocycles. The van der Waals surface area contributed by atoms with Gasteiger partial charge in [-0.1, -0.05) is 24.3 Å². The third kappa shape index (κ3) is 6.63. The summed E-state index contributed by atoms with van der Waals surface area (Å²) in [5, 5.41) is 21.3. The van der Waals surface area contributed by atoms with Gasteiger partial charge in [-0.15, -0.1) is 0 Å². The minimum Gasteiger partial charge on any atom is -0.466 e. The maximum absolute atomic E-state index is 13.7. The number of allylic oxidation sites excluding steroid dienone is 2. The number of aromatic nitrogens is 2. The number of hydrogen-bond donors (Lipinski definition) is 2. The Morgan fingerprint density at radius 1 is 0.590 bits per heavy atom. The molecule has 0 unspecified atom stereocenters. The molecule has 6 atom stereocenters. The number of aryl methyl sites for hydroxylation is 2. The lowest BCUT2D eigenvalue weighted by Gasteiger charge is -2.42. The summed E-state index contributed by atoms with van der Waals surface area (Å²) in [5.74, 6) is -2.93. The molecule has 2 N–H and O–H groups in total. The quantitative estimate of drug-likeness (QED) is 0.126. The summed E-state index contributed by atoms with van der Waals surface area (Å²) in [7, 11) is 13.0. The molecule has 0 radical (unpaired) electrons. The van der Waals surface area contributed by atoms with Gasteiger partial charge in [-0.3, -0.25) is 0 Å². The van der Waals surface area contributed by atoms with Crippen LogP contribution in [0.25, 0.3) is 22.3 Å². The third-order valence-electron chi connectivity index (χ3n) is 13.4. The standard InChI is InChI=1S/C47H52N4O10/c1-48-16-32-26(14-30(40(32)36(18-48)46(56)60-7)42-38-24(22-52)9-11-28(38)34(20-50(42)3)44(54)58-5)13-27-15-31(41-33(27)17-49(2)19-37(41)47(57)61-8)43-39-25(23-53)10-12-29(39)35(21-51(43)4)45(55)59-6/h9-10,14-21,28-29,38-39,42-43,52-53H,11-13,22-23H2,1-8H3/t28-,29+,38-,39+,42+,43-. The highest BCUT2D eigenvalue weighted by Crippen LogP contribution is 2.56. The molecule has 14 nitrogen and oxygen atoms in total. The first-order chi connectivity index (χ1) is 29.3. The molecule has 8 aliphatic rings. The van der Waals surface area contributed by atoms with Crippen molar-refractivity contribution in [2.45, 2.75) is 31.3 Å². The number of carbonyl (C=O) groups excluding carboxylic acids is 4. The van der Waals surface area contributed by atoms with Crippen LogP contribution in [-0.4, -0.2) is 109 Å². The fraction of sp³-hybridized carbons (Fsp3) is 0.404. The number of aliphatic hydroxyl groups is 2. The summed E-state index contributed by atoms with van der Waals surface area (Å²) < 4.78 is 24.8. The van der Waals surface area contributed by atoms with Crippen molar-refractivity contribution in [3.63, 3.8) is 0 Å². The predicted molar refractivity (Wildman–Crippen MR) is 224 cm³/mol. The summed E-state index contributed by atoms with van der Waals surface area (Å²) >= 11 is 0. The first-order valence-corrected chi connectivity index (χ1v) is 20.3. The zero-order valence-corrected chi connectivity index (χ0v) is 35.7. The highest BCUT2D eigenvalue weighted by Gasteiger charge is 2.49. The first kappa shape index (κ1) is 41.6. The van der Waals surface area contributed by atoms with Gasteiger partial charge in [-0.2, -0.15) is 0 Å². The average molecular weight is 833 g/mol. The molecule has 0 fully saturated rings. The minimum atomic E-state index is -0.501. The summed E-state index contributed by atoms with van der Waals surface area (Å²) in [4.78, 5) is 57.5. The lowest BCUT2D eigenvalue weighted by Crippen LogP contribution is -2.38. The van der Waals surface area contributed by atoms with Gasteiger partial charge in [-0.05, 0) is 52.7 Å². The number of hydrogen-bond acceptors (Lipinski definition) is 12. The lowest BCUT2D eigenvalue weighted by molar-refractivity contribution is -0.138. The normalized spacial score (nSPS) is 23.2. The SMILES string of the molecule is COC(=O)C1=CN(C)[C@@H](c2cc(Cc3cc([C@@H]4[C@H]5C(CO)=CC[C@H]5C(C(=O)OC)=CN4C)c4c(C(=O)OC)cn(C)cc3-4)c3cn(C)cc(C(=O)OC)c2-3)[C@@H]2C(CO)=CC[C@H]12. The Bertz CT molecular complexity index is 2350. The molecule has 4 aliphatic carbocycles. The van der Waals surface area contributed by atoms with E-state index >= 15 is 0 Å². The number of nitrogens with zero attached hydrogens (tertiary/aromatic N) is 4. The van der Waals surface area contributed by atoms with Crippen LogP contribution in [0.15, 0.2) is 83.8 Å². The van der Waals surface area contributed by atoms with Crippen LogP contribution in [0.4, 0.5) is 0 Å². The number of esters is 4. The second-order valence-electron chi connectivity index (χ2n) is 16.6. The highest BCUT2D eigenvalue weighted by molar-refractivity contribution is 6.01. The van der Waals surface area contributed by atoms with Crippen molar-refractivity contribution in [3.8, 4) is 22.3 Å².